The van der Waals surface area contributed by atoms with E-state index in [1.807, 2.05) is 6.92 Å². The molecule has 4 nitrogen and oxygen atoms in total. The Hall–Kier alpha value is -0.980. The lowest BCUT2D eigenvalue weighted by Crippen LogP contribution is -2.43. The van der Waals surface area contributed by atoms with Crippen LogP contribution in [0.4, 0.5) is 4.39 Å². The van der Waals surface area contributed by atoms with Gasteiger partial charge < -0.3 is 5.11 Å². The molecule has 0 saturated heterocycles. The Labute approximate surface area is 112 Å². The molecule has 0 bridgehead atoms. The fourth-order valence-corrected chi connectivity index (χ4v) is 4.25. The number of aliphatic hydroxyl groups excluding tert-OH is 1. The Morgan fingerprint density at radius 2 is 2.00 bits per heavy atom. The van der Waals surface area contributed by atoms with Crippen molar-refractivity contribution in [1.29, 1.82) is 0 Å². The average molecular weight is 287 g/mol. The van der Waals surface area contributed by atoms with Crippen molar-refractivity contribution in [3.63, 3.8) is 0 Å². The Morgan fingerprint density at radius 3 is 2.58 bits per heavy atom. The smallest absolute Gasteiger partial charge is 0.241 e. The minimum Gasteiger partial charge on any atom is -0.392 e. The first-order valence-electron chi connectivity index (χ1n) is 6.30. The first kappa shape index (κ1) is 14.4. The van der Waals surface area contributed by atoms with Crippen LogP contribution in [0.1, 0.15) is 38.2 Å². The number of benzene rings is 1. The Balaban J connectivity index is 2.36. The van der Waals surface area contributed by atoms with Crippen molar-refractivity contribution in [3.05, 3.63) is 29.6 Å². The summed E-state index contributed by atoms with van der Waals surface area (Å²) < 4.78 is 40.6. The lowest BCUT2D eigenvalue weighted by Gasteiger charge is -2.25. The number of hydrogen-bond donors (Lipinski definition) is 2. The van der Waals surface area contributed by atoms with Gasteiger partial charge in [0.15, 0.2) is 0 Å². The highest BCUT2D eigenvalue weighted by molar-refractivity contribution is 7.89. The second kappa shape index (κ2) is 5.19. The minimum atomic E-state index is -3.82. The molecule has 1 aromatic rings. The maximum Gasteiger partial charge on any atom is 0.241 e. The first-order valence-corrected chi connectivity index (χ1v) is 7.78. The number of hydrogen-bond acceptors (Lipinski definition) is 3. The Kier molecular flexibility index (Phi) is 3.94. The normalized spacial score (nSPS) is 18.7. The molecule has 0 spiro atoms. The van der Waals surface area contributed by atoms with Crippen molar-refractivity contribution in [1.82, 2.24) is 4.72 Å². The summed E-state index contributed by atoms with van der Waals surface area (Å²) in [5.41, 5.74) is -0.270. The van der Waals surface area contributed by atoms with Crippen LogP contribution in [0.3, 0.4) is 0 Å². The SMILES string of the molecule is CC1(NS(=O)(=O)c2cc(F)ccc2CO)CCCC1. The van der Waals surface area contributed by atoms with E-state index in [1.165, 1.54) is 6.07 Å². The van der Waals surface area contributed by atoms with Gasteiger partial charge in [-0.3, -0.25) is 0 Å². The lowest BCUT2D eigenvalue weighted by molar-refractivity contribution is 0.278. The molecule has 0 radical (unpaired) electrons. The zero-order valence-electron chi connectivity index (χ0n) is 10.8. The van der Waals surface area contributed by atoms with Gasteiger partial charge in [0.25, 0.3) is 0 Å². The van der Waals surface area contributed by atoms with Gasteiger partial charge in [0.05, 0.1) is 11.5 Å². The standard InChI is InChI=1S/C13H18FNO3S/c1-13(6-2-3-7-13)15-19(17,18)12-8-11(14)5-4-10(12)9-16/h4-5,8,15-16H,2-3,6-7,9H2,1H3. The zero-order valence-corrected chi connectivity index (χ0v) is 11.6. The van der Waals surface area contributed by atoms with Gasteiger partial charge >= 0.3 is 0 Å². The molecule has 1 aliphatic carbocycles. The highest BCUT2D eigenvalue weighted by atomic mass is 32.2. The molecule has 6 heteroatoms. The zero-order chi connectivity index (χ0) is 14.1. The van der Waals surface area contributed by atoms with E-state index in [4.69, 9.17) is 0 Å². The summed E-state index contributed by atoms with van der Waals surface area (Å²) in [7, 11) is -3.82. The molecule has 19 heavy (non-hydrogen) atoms. The minimum absolute atomic E-state index is 0.178. The summed E-state index contributed by atoms with van der Waals surface area (Å²) in [5.74, 6) is -0.630. The molecule has 1 aromatic carbocycles. The van der Waals surface area contributed by atoms with Gasteiger partial charge in [0.1, 0.15) is 5.82 Å². The quantitative estimate of drug-likeness (QED) is 0.889. The number of rotatable bonds is 4. The second-order valence-corrected chi connectivity index (χ2v) is 6.93. The molecule has 0 amide bonds. The summed E-state index contributed by atoms with van der Waals surface area (Å²) in [6, 6.07) is 3.38. The monoisotopic (exact) mass is 287 g/mol. The molecular weight excluding hydrogens is 269 g/mol. The Morgan fingerprint density at radius 1 is 1.37 bits per heavy atom. The summed E-state index contributed by atoms with van der Waals surface area (Å²) in [6.07, 6.45) is 3.51. The molecular formula is C13H18FNO3S. The van der Waals surface area contributed by atoms with Crippen LogP contribution in [-0.4, -0.2) is 19.1 Å². The molecule has 0 atom stereocenters. The largest absolute Gasteiger partial charge is 0.392 e. The van der Waals surface area contributed by atoms with Gasteiger partial charge in [-0.25, -0.2) is 17.5 Å². The predicted octanol–water partition coefficient (Wildman–Crippen LogP) is 1.93. The molecule has 1 aliphatic rings. The third-order valence-electron chi connectivity index (χ3n) is 3.58. The van der Waals surface area contributed by atoms with E-state index in [2.05, 4.69) is 4.72 Å². The van der Waals surface area contributed by atoms with Crippen LogP contribution in [0.2, 0.25) is 0 Å². The second-order valence-electron chi connectivity index (χ2n) is 5.28. The molecule has 0 unspecified atom stereocenters. The molecule has 2 rings (SSSR count). The molecule has 0 aliphatic heterocycles. The third kappa shape index (κ3) is 3.13. The van der Waals surface area contributed by atoms with E-state index < -0.39 is 28.0 Å². The summed E-state index contributed by atoms with van der Waals surface area (Å²) in [5, 5.41) is 9.18. The van der Waals surface area contributed by atoms with Gasteiger partial charge in [0, 0.05) is 5.54 Å². The topological polar surface area (TPSA) is 66.4 Å². The molecule has 106 valence electrons. The number of halogens is 1. The number of aliphatic hydroxyl groups is 1. The van der Waals surface area contributed by atoms with Gasteiger partial charge in [-0.2, -0.15) is 0 Å². The van der Waals surface area contributed by atoms with Gasteiger partial charge in [-0.1, -0.05) is 18.9 Å². The fraction of sp³-hybridized carbons (Fsp3) is 0.538. The molecule has 1 saturated carbocycles. The lowest BCUT2D eigenvalue weighted by atomic mass is 10.0. The van der Waals surface area contributed by atoms with E-state index in [1.54, 1.807) is 0 Å². The van der Waals surface area contributed by atoms with Crippen LogP contribution in [0.15, 0.2) is 23.1 Å². The van der Waals surface area contributed by atoms with Crippen molar-refractivity contribution < 1.29 is 17.9 Å². The van der Waals surface area contributed by atoms with E-state index in [9.17, 15) is 17.9 Å². The maximum absolute atomic E-state index is 13.2. The van der Waals surface area contributed by atoms with Crippen molar-refractivity contribution in [2.75, 3.05) is 0 Å². The van der Waals surface area contributed by atoms with Crippen molar-refractivity contribution in [2.45, 2.75) is 49.6 Å². The van der Waals surface area contributed by atoms with E-state index in [0.29, 0.717) is 0 Å². The number of nitrogens with one attached hydrogen (secondary N) is 1. The van der Waals surface area contributed by atoms with Crippen molar-refractivity contribution in [2.24, 2.45) is 0 Å². The maximum atomic E-state index is 13.2. The van der Waals surface area contributed by atoms with Gasteiger partial charge in [0.2, 0.25) is 10.0 Å². The van der Waals surface area contributed by atoms with E-state index >= 15 is 0 Å². The molecule has 0 heterocycles. The van der Waals surface area contributed by atoms with E-state index in [0.717, 1.165) is 37.8 Å². The van der Waals surface area contributed by atoms with Gasteiger partial charge in [-0.15, -0.1) is 0 Å². The summed E-state index contributed by atoms with van der Waals surface area (Å²) >= 11 is 0. The first-order chi connectivity index (χ1) is 8.86. The average Bonchev–Trinajstić information content (AvgIpc) is 2.74. The third-order valence-corrected chi connectivity index (χ3v) is 5.30. The highest BCUT2D eigenvalue weighted by Gasteiger charge is 2.34. The van der Waals surface area contributed by atoms with E-state index in [-0.39, 0.29) is 10.5 Å². The van der Waals surface area contributed by atoms with Crippen LogP contribution >= 0.6 is 0 Å². The van der Waals surface area contributed by atoms with Crippen LogP contribution in [0.5, 0.6) is 0 Å². The predicted molar refractivity (Wildman–Crippen MR) is 69.5 cm³/mol. The highest BCUT2D eigenvalue weighted by Crippen LogP contribution is 2.31. The molecule has 2 N–H and O–H groups in total. The van der Waals surface area contributed by atoms with Crippen LogP contribution in [-0.2, 0) is 16.6 Å². The van der Waals surface area contributed by atoms with Crippen LogP contribution in [0, 0.1) is 5.82 Å². The van der Waals surface area contributed by atoms with Crippen LogP contribution in [0.25, 0.3) is 0 Å². The van der Waals surface area contributed by atoms with Crippen LogP contribution < -0.4 is 4.72 Å². The van der Waals surface area contributed by atoms with Gasteiger partial charge in [-0.05, 0) is 37.5 Å². The van der Waals surface area contributed by atoms with Crippen molar-refractivity contribution >= 4 is 10.0 Å². The Bertz CT molecular complexity index is 565. The number of sulfonamides is 1. The molecule has 0 aromatic heterocycles. The molecule has 1 fully saturated rings. The fourth-order valence-electron chi connectivity index (χ4n) is 2.55. The summed E-state index contributed by atoms with van der Waals surface area (Å²) in [4.78, 5) is -0.178. The summed E-state index contributed by atoms with van der Waals surface area (Å²) in [6.45, 7) is 1.42. The van der Waals surface area contributed by atoms with Crippen molar-refractivity contribution in [3.8, 4) is 0 Å².